The van der Waals surface area contributed by atoms with Crippen molar-refractivity contribution in [2.75, 3.05) is 14.2 Å². The van der Waals surface area contributed by atoms with E-state index in [0.717, 1.165) is 0 Å². The quantitative estimate of drug-likeness (QED) is 0.613. The summed E-state index contributed by atoms with van der Waals surface area (Å²) < 4.78 is 14.4. The molecular formula is C14H25NO6. The summed E-state index contributed by atoms with van der Waals surface area (Å²) >= 11 is 0. The van der Waals surface area contributed by atoms with Crippen molar-refractivity contribution in [2.45, 2.75) is 52.7 Å². The van der Waals surface area contributed by atoms with Crippen molar-refractivity contribution >= 4 is 18.0 Å². The normalized spacial score (nSPS) is 13.1. The molecule has 1 N–H and O–H groups in total. The van der Waals surface area contributed by atoms with Gasteiger partial charge in [-0.15, -0.1) is 0 Å². The summed E-state index contributed by atoms with van der Waals surface area (Å²) in [5, 5.41) is 2.42. The van der Waals surface area contributed by atoms with Crippen LogP contribution in [0.5, 0.6) is 0 Å². The van der Waals surface area contributed by atoms with E-state index in [2.05, 4.69) is 14.8 Å². The number of ether oxygens (including phenoxy) is 3. The van der Waals surface area contributed by atoms with Crippen molar-refractivity contribution in [1.29, 1.82) is 0 Å². The Morgan fingerprint density at radius 1 is 1.00 bits per heavy atom. The van der Waals surface area contributed by atoms with E-state index >= 15 is 0 Å². The van der Waals surface area contributed by atoms with Gasteiger partial charge >= 0.3 is 18.0 Å². The highest BCUT2D eigenvalue weighted by atomic mass is 16.6. The standard InChI is InChI=1S/C14H25NO6/c1-13(2,3)21-12(18)15-9(10(16)19-6)8-14(4,5)11(17)20-7/h9H,8H2,1-7H3,(H,15,18)/t9-/m0/s1. The first kappa shape index (κ1) is 19.2. The fraction of sp³-hybridized carbons (Fsp3) is 0.786. The van der Waals surface area contributed by atoms with Crippen molar-refractivity contribution in [2.24, 2.45) is 5.41 Å². The second-order valence-electron chi connectivity index (χ2n) is 6.30. The van der Waals surface area contributed by atoms with Crippen molar-refractivity contribution in [1.82, 2.24) is 5.32 Å². The van der Waals surface area contributed by atoms with E-state index in [4.69, 9.17) is 4.74 Å². The van der Waals surface area contributed by atoms with E-state index in [1.807, 2.05) is 0 Å². The zero-order chi connectivity index (χ0) is 16.8. The van der Waals surface area contributed by atoms with Crippen LogP contribution < -0.4 is 5.32 Å². The molecule has 0 aliphatic heterocycles. The molecule has 0 aliphatic carbocycles. The van der Waals surface area contributed by atoms with Crippen LogP contribution in [-0.4, -0.2) is 43.9 Å². The molecule has 0 bridgehead atoms. The lowest BCUT2D eigenvalue weighted by Crippen LogP contribution is -2.47. The van der Waals surface area contributed by atoms with Crippen LogP contribution in [0.1, 0.15) is 41.0 Å². The Morgan fingerprint density at radius 2 is 1.52 bits per heavy atom. The van der Waals surface area contributed by atoms with Gasteiger partial charge in [0.1, 0.15) is 11.6 Å². The maximum absolute atomic E-state index is 11.8. The van der Waals surface area contributed by atoms with Crippen LogP contribution in [0.4, 0.5) is 4.79 Å². The Balaban J connectivity index is 4.95. The molecule has 1 amide bonds. The van der Waals surface area contributed by atoms with Crippen LogP contribution in [0.15, 0.2) is 0 Å². The molecule has 0 aromatic rings. The molecule has 0 spiro atoms. The maximum Gasteiger partial charge on any atom is 0.408 e. The molecule has 0 saturated carbocycles. The van der Waals surface area contributed by atoms with Gasteiger partial charge in [-0.05, 0) is 41.0 Å². The largest absolute Gasteiger partial charge is 0.469 e. The number of hydrogen-bond donors (Lipinski definition) is 1. The SMILES string of the molecule is COC(=O)[C@H](CC(C)(C)C(=O)OC)NC(=O)OC(C)(C)C. The molecule has 0 heterocycles. The lowest BCUT2D eigenvalue weighted by atomic mass is 9.85. The lowest BCUT2D eigenvalue weighted by molar-refractivity contribution is -0.153. The second kappa shape index (κ2) is 7.28. The second-order valence-corrected chi connectivity index (χ2v) is 6.30. The van der Waals surface area contributed by atoms with Gasteiger partial charge in [-0.1, -0.05) is 0 Å². The highest BCUT2D eigenvalue weighted by Gasteiger charge is 2.36. The minimum Gasteiger partial charge on any atom is -0.469 e. The van der Waals surface area contributed by atoms with Crippen LogP contribution in [0.2, 0.25) is 0 Å². The summed E-state index contributed by atoms with van der Waals surface area (Å²) in [4.78, 5) is 35.2. The number of esters is 2. The molecule has 21 heavy (non-hydrogen) atoms. The van der Waals surface area contributed by atoms with Gasteiger partial charge in [0, 0.05) is 0 Å². The minimum atomic E-state index is -1.00. The predicted molar refractivity (Wildman–Crippen MR) is 75.6 cm³/mol. The van der Waals surface area contributed by atoms with E-state index in [1.165, 1.54) is 14.2 Å². The fourth-order valence-electron chi connectivity index (χ4n) is 1.66. The molecule has 0 saturated heterocycles. The summed E-state index contributed by atoms with van der Waals surface area (Å²) in [5.41, 5.74) is -1.65. The van der Waals surface area contributed by atoms with Crippen LogP contribution >= 0.6 is 0 Å². The Morgan fingerprint density at radius 3 is 1.90 bits per heavy atom. The summed E-state index contributed by atoms with van der Waals surface area (Å²) in [5.74, 6) is -1.14. The molecule has 0 unspecified atom stereocenters. The average molecular weight is 303 g/mol. The van der Waals surface area contributed by atoms with Crippen molar-refractivity contribution < 1.29 is 28.6 Å². The zero-order valence-electron chi connectivity index (χ0n) is 13.7. The minimum absolute atomic E-state index is 0.0333. The zero-order valence-corrected chi connectivity index (χ0v) is 13.7. The van der Waals surface area contributed by atoms with E-state index < -0.39 is 35.1 Å². The van der Waals surface area contributed by atoms with Crippen molar-refractivity contribution in [3.8, 4) is 0 Å². The third-order valence-electron chi connectivity index (χ3n) is 2.63. The number of amides is 1. The third-order valence-corrected chi connectivity index (χ3v) is 2.63. The number of carbonyl (C=O) groups excluding carboxylic acids is 3. The topological polar surface area (TPSA) is 90.9 Å². The molecule has 0 fully saturated rings. The number of carbonyl (C=O) groups is 3. The van der Waals surface area contributed by atoms with E-state index in [1.54, 1.807) is 34.6 Å². The van der Waals surface area contributed by atoms with Crippen molar-refractivity contribution in [3.63, 3.8) is 0 Å². The lowest BCUT2D eigenvalue weighted by Gasteiger charge is -2.27. The van der Waals surface area contributed by atoms with Crippen LogP contribution in [0.25, 0.3) is 0 Å². The Hall–Kier alpha value is -1.79. The molecular weight excluding hydrogens is 278 g/mol. The van der Waals surface area contributed by atoms with E-state index in [0.29, 0.717) is 0 Å². The summed E-state index contributed by atoms with van der Waals surface area (Å²) in [7, 11) is 2.47. The van der Waals surface area contributed by atoms with Gasteiger partial charge in [0.05, 0.1) is 19.6 Å². The highest BCUT2D eigenvalue weighted by molar-refractivity contribution is 5.83. The molecule has 0 aromatic heterocycles. The van der Waals surface area contributed by atoms with Gasteiger partial charge in [0.25, 0.3) is 0 Å². The first-order valence-electron chi connectivity index (χ1n) is 6.58. The Kier molecular flexibility index (Phi) is 6.66. The number of methoxy groups -OCH3 is 2. The number of hydrogen-bond acceptors (Lipinski definition) is 6. The van der Waals surface area contributed by atoms with E-state index in [-0.39, 0.29) is 6.42 Å². The highest BCUT2D eigenvalue weighted by Crippen LogP contribution is 2.24. The van der Waals surface area contributed by atoms with Gasteiger partial charge < -0.3 is 19.5 Å². The molecule has 122 valence electrons. The van der Waals surface area contributed by atoms with Crippen LogP contribution in [0.3, 0.4) is 0 Å². The molecule has 7 nitrogen and oxygen atoms in total. The summed E-state index contributed by atoms with van der Waals surface area (Å²) in [6.07, 6.45) is -0.718. The number of alkyl carbamates (subject to hydrolysis) is 1. The van der Waals surface area contributed by atoms with Gasteiger partial charge in [-0.2, -0.15) is 0 Å². The Bertz CT molecular complexity index is 397. The summed E-state index contributed by atoms with van der Waals surface area (Å²) in [6, 6.07) is -1.00. The number of rotatable bonds is 5. The molecule has 0 aromatic carbocycles. The molecule has 1 atom stereocenters. The third kappa shape index (κ3) is 6.97. The first-order chi connectivity index (χ1) is 9.42. The molecule has 0 aliphatic rings. The van der Waals surface area contributed by atoms with Gasteiger partial charge in [-0.3, -0.25) is 4.79 Å². The fourth-order valence-corrected chi connectivity index (χ4v) is 1.66. The van der Waals surface area contributed by atoms with Gasteiger partial charge in [-0.25, -0.2) is 9.59 Å². The van der Waals surface area contributed by atoms with E-state index in [9.17, 15) is 14.4 Å². The van der Waals surface area contributed by atoms with Crippen LogP contribution in [-0.2, 0) is 23.8 Å². The number of nitrogens with one attached hydrogen (secondary N) is 1. The van der Waals surface area contributed by atoms with Crippen molar-refractivity contribution in [3.05, 3.63) is 0 Å². The molecule has 7 heteroatoms. The van der Waals surface area contributed by atoms with Crippen LogP contribution in [0, 0.1) is 5.41 Å². The van der Waals surface area contributed by atoms with Gasteiger partial charge in [0.2, 0.25) is 0 Å². The predicted octanol–water partition coefficient (Wildman–Crippen LogP) is 1.64. The maximum atomic E-state index is 11.8. The average Bonchev–Trinajstić information content (AvgIpc) is 2.33. The monoisotopic (exact) mass is 303 g/mol. The first-order valence-corrected chi connectivity index (χ1v) is 6.58. The molecule has 0 rings (SSSR count). The Labute approximate surface area is 125 Å². The smallest absolute Gasteiger partial charge is 0.408 e. The summed E-state index contributed by atoms with van der Waals surface area (Å²) in [6.45, 7) is 8.35. The molecule has 0 radical (unpaired) electrons. The van der Waals surface area contributed by atoms with Gasteiger partial charge in [0.15, 0.2) is 0 Å².